The Kier molecular flexibility index (Phi) is 26.3. The number of carbonyl (C=O) groups is 3. The molecule has 0 fully saturated rings. The molecule has 6 heteroatoms. The van der Waals surface area contributed by atoms with Crippen molar-refractivity contribution in [3.63, 3.8) is 0 Å². The predicted octanol–water partition coefficient (Wildman–Crippen LogP) is 7.30. The second kappa shape index (κ2) is 27.4. The van der Waals surface area contributed by atoms with Crippen LogP contribution < -0.4 is 10.6 Å². The van der Waals surface area contributed by atoms with Crippen LogP contribution in [0.5, 0.6) is 0 Å². The lowest BCUT2D eigenvalue weighted by Crippen LogP contribution is -2.42. The second-order valence-corrected chi connectivity index (χ2v) is 10.6. The van der Waals surface area contributed by atoms with Crippen molar-refractivity contribution in [1.29, 1.82) is 0 Å². The normalized spacial score (nSPS) is 10.9. The van der Waals surface area contributed by atoms with Crippen molar-refractivity contribution in [3.8, 4) is 0 Å². The van der Waals surface area contributed by atoms with E-state index in [1.807, 2.05) is 4.90 Å². The van der Waals surface area contributed by atoms with Crippen LogP contribution in [0, 0.1) is 0 Å². The van der Waals surface area contributed by atoms with E-state index in [2.05, 4.69) is 31.4 Å². The molecule has 0 saturated heterocycles. The van der Waals surface area contributed by atoms with Crippen molar-refractivity contribution in [3.05, 3.63) is 0 Å². The van der Waals surface area contributed by atoms with Crippen LogP contribution in [0.4, 0.5) is 0 Å². The standard InChI is InChI=1S/C31H61N3O3/c1-4-7-10-13-16-19-22-29(35)32-25-27-34(31(37)24-21-18-15-12-9-6-3)28-26-33-30(36)23-20-17-14-11-8-5-2/h4-28H2,1-3H3,(H,32,35)(H,33,36). The summed E-state index contributed by atoms with van der Waals surface area (Å²) in [5, 5.41) is 5.98. The minimum absolute atomic E-state index is 0.0751. The molecule has 0 rings (SSSR count). The van der Waals surface area contributed by atoms with Crippen LogP contribution in [0.2, 0.25) is 0 Å². The maximum atomic E-state index is 12.9. The Labute approximate surface area is 229 Å². The van der Waals surface area contributed by atoms with Gasteiger partial charge in [-0.25, -0.2) is 0 Å². The average molecular weight is 524 g/mol. The molecule has 2 N–H and O–H groups in total. The average Bonchev–Trinajstić information content (AvgIpc) is 2.89. The number of rotatable bonds is 27. The molecule has 6 nitrogen and oxygen atoms in total. The fraction of sp³-hybridized carbons (Fsp3) is 0.903. The van der Waals surface area contributed by atoms with E-state index in [1.165, 1.54) is 77.0 Å². The summed E-state index contributed by atoms with van der Waals surface area (Å²) in [6.07, 6.45) is 22.6. The van der Waals surface area contributed by atoms with Crippen molar-refractivity contribution >= 4 is 17.7 Å². The SMILES string of the molecule is CCCCCCCCC(=O)NCCN(CCNC(=O)CCCCCCCC)C(=O)CCCCCCCC. The third kappa shape index (κ3) is 24.5. The maximum Gasteiger partial charge on any atom is 0.222 e. The van der Waals surface area contributed by atoms with Crippen molar-refractivity contribution in [2.24, 2.45) is 0 Å². The molecule has 0 heterocycles. The van der Waals surface area contributed by atoms with Gasteiger partial charge in [-0.1, -0.05) is 117 Å². The molecule has 0 unspecified atom stereocenters. The summed E-state index contributed by atoms with van der Waals surface area (Å²) in [5.41, 5.74) is 0. The van der Waals surface area contributed by atoms with E-state index in [-0.39, 0.29) is 17.7 Å². The molecule has 0 saturated carbocycles. The summed E-state index contributed by atoms with van der Waals surface area (Å²) in [4.78, 5) is 39.1. The van der Waals surface area contributed by atoms with Gasteiger partial charge in [-0.15, -0.1) is 0 Å². The molecule has 0 aromatic heterocycles. The lowest BCUT2D eigenvalue weighted by molar-refractivity contribution is -0.132. The van der Waals surface area contributed by atoms with Gasteiger partial charge < -0.3 is 15.5 Å². The first-order valence-electron chi connectivity index (χ1n) is 15.9. The molecule has 0 aliphatic rings. The molecule has 37 heavy (non-hydrogen) atoms. The number of carbonyl (C=O) groups excluding carboxylic acids is 3. The van der Waals surface area contributed by atoms with Crippen molar-refractivity contribution < 1.29 is 14.4 Å². The van der Waals surface area contributed by atoms with E-state index in [9.17, 15) is 14.4 Å². The highest BCUT2D eigenvalue weighted by Crippen LogP contribution is 2.09. The summed E-state index contributed by atoms with van der Waals surface area (Å²) >= 11 is 0. The number of nitrogens with one attached hydrogen (secondary N) is 2. The van der Waals surface area contributed by atoms with Gasteiger partial charge in [0.1, 0.15) is 0 Å². The molecule has 3 amide bonds. The molecule has 0 atom stereocenters. The largest absolute Gasteiger partial charge is 0.354 e. The van der Waals surface area contributed by atoms with Crippen LogP contribution in [-0.4, -0.2) is 48.8 Å². The molecule has 0 aliphatic carbocycles. The third-order valence-corrected chi connectivity index (χ3v) is 7.02. The Bertz CT molecular complexity index is 520. The van der Waals surface area contributed by atoms with Crippen LogP contribution in [0.25, 0.3) is 0 Å². The summed E-state index contributed by atoms with van der Waals surface area (Å²) in [6.45, 7) is 8.58. The quantitative estimate of drug-likeness (QED) is 0.111. The molecule has 0 spiro atoms. The highest BCUT2D eigenvalue weighted by Gasteiger charge is 2.14. The second-order valence-electron chi connectivity index (χ2n) is 10.6. The van der Waals surface area contributed by atoms with Gasteiger partial charge >= 0.3 is 0 Å². The van der Waals surface area contributed by atoms with Crippen LogP contribution in [0.1, 0.15) is 156 Å². The fourth-order valence-corrected chi connectivity index (χ4v) is 4.54. The van der Waals surface area contributed by atoms with Gasteiger partial charge in [0.25, 0.3) is 0 Å². The van der Waals surface area contributed by atoms with Gasteiger partial charge in [-0.3, -0.25) is 14.4 Å². The van der Waals surface area contributed by atoms with E-state index in [0.717, 1.165) is 38.5 Å². The molecule has 218 valence electrons. The minimum Gasteiger partial charge on any atom is -0.354 e. The summed E-state index contributed by atoms with van der Waals surface area (Å²) in [6, 6.07) is 0. The van der Waals surface area contributed by atoms with Gasteiger partial charge in [-0.2, -0.15) is 0 Å². The van der Waals surface area contributed by atoms with Crippen molar-refractivity contribution in [1.82, 2.24) is 15.5 Å². The summed E-state index contributed by atoms with van der Waals surface area (Å²) < 4.78 is 0. The fourth-order valence-electron chi connectivity index (χ4n) is 4.54. The van der Waals surface area contributed by atoms with E-state index in [4.69, 9.17) is 0 Å². The van der Waals surface area contributed by atoms with Gasteiger partial charge in [0.05, 0.1) is 0 Å². The topological polar surface area (TPSA) is 78.5 Å². The number of amides is 3. The van der Waals surface area contributed by atoms with Crippen LogP contribution >= 0.6 is 0 Å². The van der Waals surface area contributed by atoms with Crippen molar-refractivity contribution in [2.75, 3.05) is 26.2 Å². The first kappa shape index (κ1) is 35.4. The zero-order chi connectivity index (χ0) is 27.4. The number of hydrogen-bond donors (Lipinski definition) is 2. The maximum absolute atomic E-state index is 12.9. The molecular formula is C31H61N3O3. The van der Waals surface area contributed by atoms with E-state index >= 15 is 0 Å². The highest BCUT2D eigenvalue weighted by molar-refractivity contribution is 5.78. The zero-order valence-electron chi connectivity index (χ0n) is 24.8. The Morgan fingerprint density at radius 1 is 0.459 bits per heavy atom. The van der Waals surface area contributed by atoms with Crippen LogP contribution in [0.3, 0.4) is 0 Å². The van der Waals surface area contributed by atoms with Crippen LogP contribution in [-0.2, 0) is 14.4 Å². The van der Waals surface area contributed by atoms with Gasteiger partial charge in [0.2, 0.25) is 17.7 Å². The molecule has 0 aromatic carbocycles. The molecule has 0 bridgehead atoms. The third-order valence-electron chi connectivity index (χ3n) is 7.02. The number of unbranched alkanes of at least 4 members (excludes halogenated alkanes) is 15. The Morgan fingerprint density at radius 2 is 0.784 bits per heavy atom. The first-order chi connectivity index (χ1) is 18.0. The monoisotopic (exact) mass is 523 g/mol. The smallest absolute Gasteiger partial charge is 0.222 e. The molecule has 0 aromatic rings. The molecule has 0 radical (unpaired) electrons. The van der Waals surface area contributed by atoms with Gasteiger partial charge in [-0.05, 0) is 19.3 Å². The van der Waals surface area contributed by atoms with Crippen molar-refractivity contribution in [2.45, 2.75) is 156 Å². The molecule has 0 aliphatic heterocycles. The lowest BCUT2D eigenvalue weighted by Gasteiger charge is -2.23. The highest BCUT2D eigenvalue weighted by atomic mass is 16.2. The molecular weight excluding hydrogens is 462 g/mol. The van der Waals surface area contributed by atoms with E-state index in [0.29, 0.717) is 45.4 Å². The lowest BCUT2D eigenvalue weighted by atomic mass is 10.1. The Morgan fingerprint density at radius 3 is 1.16 bits per heavy atom. The number of nitrogens with zero attached hydrogens (tertiary/aromatic N) is 1. The van der Waals surface area contributed by atoms with E-state index < -0.39 is 0 Å². The summed E-state index contributed by atoms with van der Waals surface area (Å²) in [5.74, 6) is 0.281. The van der Waals surface area contributed by atoms with E-state index in [1.54, 1.807) is 0 Å². The van der Waals surface area contributed by atoms with Gasteiger partial charge in [0, 0.05) is 45.4 Å². The first-order valence-corrected chi connectivity index (χ1v) is 15.9. The minimum atomic E-state index is 0.0751. The zero-order valence-corrected chi connectivity index (χ0v) is 24.8. The predicted molar refractivity (Wildman–Crippen MR) is 157 cm³/mol. The van der Waals surface area contributed by atoms with Gasteiger partial charge in [0.15, 0.2) is 0 Å². The number of hydrogen-bond acceptors (Lipinski definition) is 3. The summed E-state index contributed by atoms with van der Waals surface area (Å²) in [7, 11) is 0. The Balaban J connectivity index is 4.32. The Hall–Kier alpha value is -1.59. The van der Waals surface area contributed by atoms with Crippen LogP contribution in [0.15, 0.2) is 0 Å².